The fourth-order valence-corrected chi connectivity index (χ4v) is 5.35. The molecule has 178 valence electrons. The Morgan fingerprint density at radius 3 is 2.57 bits per heavy atom. The van der Waals surface area contributed by atoms with Gasteiger partial charge in [-0.3, -0.25) is 9.48 Å². The Labute approximate surface area is 206 Å². The van der Waals surface area contributed by atoms with Crippen molar-refractivity contribution in [2.24, 2.45) is 12.5 Å². The first-order chi connectivity index (χ1) is 16.9. The Kier molecular flexibility index (Phi) is 6.17. The third-order valence-electron chi connectivity index (χ3n) is 6.41. The number of aromatic nitrogens is 4. The van der Waals surface area contributed by atoms with Gasteiger partial charge in [0.1, 0.15) is 12.1 Å². The molecule has 0 radical (unpaired) electrons. The van der Waals surface area contributed by atoms with Gasteiger partial charge in [0.15, 0.2) is 12.4 Å². The molecule has 0 saturated carbocycles. The summed E-state index contributed by atoms with van der Waals surface area (Å²) in [4.78, 5) is 29.3. The predicted molar refractivity (Wildman–Crippen MR) is 128 cm³/mol. The molecule has 0 bridgehead atoms. The van der Waals surface area contributed by atoms with Gasteiger partial charge in [0.25, 0.3) is 0 Å². The Morgan fingerprint density at radius 2 is 1.89 bits per heavy atom. The third-order valence-corrected chi connectivity index (χ3v) is 7.26. The number of carboxylic acid groups (broad SMARTS) is 1. The number of rotatable bonds is 8. The second-order valence-electron chi connectivity index (χ2n) is 9.06. The van der Waals surface area contributed by atoms with Gasteiger partial charge in [0, 0.05) is 41.7 Å². The van der Waals surface area contributed by atoms with Crippen molar-refractivity contribution in [3.8, 4) is 11.3 Å². The lowest BCUT2D eigenvalue weighted by Crippen LogP contribution is -2.45. The summed E-state index contributed by atoms with van der Waals surface area (Å²) in [7, 11) is 1.98. The van der Waals surface area contributed by atoms with Gasteiger partial charge in [-0.2, -0.15) is 5.10 Å². The number of nitrogens with one attached hydrogen (secondary N) is 1. The van der Waals surface area contributed by atoms with Gasteiger partial charge in [-0.25, -0.2) is 9.55 Å². The maximum atomic E-state index is 13.2. The third kappa shape index (κ3) is 5.00. The molecule has 3 heterocycles. The number of hydrogen-bond acceptors (Lipinski definition) is 6. The topological polar surface area (TPSA) is 104 Å². The predicted octanol–water partition coefficient (Wildman–Crippen LogP) is 1.42. The molecule has 1 aromatic carbocycles. The minimum Gasteiger partial charge on any atom is -0.550 e. The zero-order valence-corrected chi connectivity index (χ0v) is 20.1. The number of nitrogens with zero attached hydrogens (tertiary/aromatic N) is 4. The first-order valence-electron chi connectivity index (χ1n) is 11.4. The van der Waals surface area contributed by atoms with Crippen molar-refractivity contribution in [2.45, 2.75) is 32.4 Å². The van der Waals surface area contributed by atoms with Crippen molar-refractivity contribution < 1.29 is 19.3 Å². The molecule has 0 unspecified atom stereocenters. The number of fused-ring (bicyclic) bond motifs is 1. The lowest BCUT2D eigenvalue weighted by molar-refractivity contribution is -0.671. The van der Waals surface area contributed by atoms with Crippen LogP contribution >= 0.6 is 11.3 Å². The van der Waals surface area contributed by atoms with Gasteiger partial charge in [0.2, 0.25) is 5.91 Å². The summed E-state index contributed by atoms with van der Waals surface area (Å²) >= 11 is 1.45. The Balaban J connectivity index is 1.24. The van der Waals surface area contributed by atoms with Crippen LogP contribution in [0.15, 0.2) is 66.6 Å². The summed E-state index contributed by atoms with van der Waals surface area (Å²) < 4.78 is 3.85. The second kappa shape index (κ2) is 9.42. The maximum Gasteiger partial charge on any atom is 0.227 e. The van der Waals surface area contributed by atoms with E-state index in [0.29, 0.717) is 19.4 Å². The molecule has 3 aromatic heterocycles. The molecule has 1 aliphatic rings. The van der Waals surface area contributed by atoms with Crippen LogP contribution in [0.3, 0.4) is 0 Å². The molecule has 0 aliphatic heterocycles. The van der Waals surface area contributed by atoms with Crippen LogP contribution < -0.4 is 15.0 Å². The highest BCUT2D eigenvalue weighted by atomic mass is 32.1. The molecular formula is C26H25N5O3S. The molecule has 1 amide bonds. The molecule has 9 heteroatoms. The SMILES string of the molecule is C[n+]1ccc(Cn2cc(-c3csc(CNC(=O)C4(CC(=O)[O-])Cc5ccccc5C4)n3)cn2)cc1. The number of amides is 1. The highest BCUT2D eigenvalue weighted by molar-refractivity contribution is 7.09. The minimum atomic E-state index is -1.22. The molecular weight excluding hydrogens is 462 g/mol. The van der Waals surface area contributed by atoms with Gasteiger partial charge >= 0.3 is 0 Å². The number of pyridine rings is 1. The van der Waals surface area contributed by atoms with Crippen LogP contribution in [0.5, 0.6) is 0 Å². The smallest absolute Gasteiger partial charge is 0.227 e. The molecule has 5 rings (SSSR count). The summed E-state index contributed by atoms with van der Waals surface area (Å²) in [5.41, 5.74) is 3.85. The van der Waals surface area contributed by atoms with Crippen LogP contribution in [0.25, 0.3) is 11.3 Å². The number of thiazole rings is 1. The average Bonchev–Trinajstić information content (AvgIpc) is 3.57. The largest absolute Gasteiger partial charge is 0.550 e. The van der Waals surface area contributed by atoms with Gasteiger partial charge in [-0.1, -0.05) is 24.3 Å². The van der Waals surface area contributed by atoms with Crippen LogP contribution in [0.1, 0.15) is 28.1 Å². The van der Waals surface area contributed by atoms with Crippen LogP contribution in [0, 0.1) is 5.41 Å². The number of carbonyl (C=O) groups excluding carboxylic acids is 2. The zero-order valence-electron chi connectivity index (χ0n) is 19.3. The van der Waals surface area contributed by atoms with Crippen LogP contribution in [-0.2, 0) is 42.6 Å². The van der Waals surface area contributed by atoms with Crippen molar-refractivity contribution in [2.75, 3.05) is 0 Å². The van der Waals surface area contributed by atoms with E-state index in [1.54, 1.807) is 6.20 Å². The highest BCUT2D eigenvalue weighted by Gasteiger charge is 2.43. The van der Waals surface area contributed by atoms with Gasteiger partial charge in [-0.05, 0) is 29.5 Å². The van der Waals surface area contributed by atoms with Gasteiger partial charge < -0.3 is 15.2 Å². The fraction of sp³-hybridized carbons (Fsp3) is 0.269. The average molecular weight is 488 g/mol. The van der Waals surface area contributed by atoms with Crippen LogP contribution in [0.4, 0.5) is 0 Å². The van der Waals surface area contributed by atoms with Crippen LogP contribution in [-0.4, -0.2) is 26.6 Å². The number of hydrogen-bond donors (Lipinski definition) is 1. The number of benzene rings is 1. The normalized spacial score (nSPS) is 14.0. The summed E-state index contributed by atoms with van der Waals surface area (Å²) in [6.07, 6.45) is 8.22. The molecule has 1 N–H and O–H groups in total. The second-order valence-corrected chi connectivity index (χ2v) is 10.0. The Bertz CT molecular complexity index is 1350. The number of aliphatic carboxylic acids is 1. The Hall–Kier alpha value is -3.85. The van der Waals surface area contributed by atoms with E-state index < -0.39 is 11.4 Å². The lowest BCUT2D eigenvalue weighted by Gasteiger charge is -2.28. The van der Waals surface area contributed by atoms with Crippen LogP contribution in [0.2, 0.25) is 0 Å². The van der Waals surface area contributed by atoms with Crippen molar-refractivity contribution in [3.63, 3.8) is 0 Å². The lowest BCUT2D eigenvalue weighted by atomic mass is 9.80. The van der Waals surface area contributed by atoms with E-state index in [-0.39, 0.29) is 18.9 Å². The summed E-state index contributed by atoms with van der Waals surface area (Å²) in [6, 6.07) is 11.8. The maximum absolute atomic E-state index is 13.2. The molecule has 0 fully saturated rings. The van der Waals surface area contributed by atoms with E-state index in [1.165, 1.54) is 11.3 Å². The first-order valence-corrected chi connectivity index (χ1v) is 12.2. The van der Waals surface area contributed by atoms with E-state index in [4.69, 9.17) is 0 Å². The van der Waals surface area contributed by atoms with Crippen molar-refractivity contribution in [1.82, 2.24) is 20.1 Å². The summed E-state index contributed by atoms with van der Waals surface area (Å²) in [5, 5.41) is 21.5. The zero-order chi connectivity index (χ0) is 24.4. The van der Waals surface area contributed by atoms with E-state index in [0.717, 1.165) is 33.0 Å². The summed E-state index contributed by atoms with van der Waals surface area (Å²) in [5.74, 6) is -1.50. The molecule has 4 aromatic rings. The summed E-state index contributed by atoms with van der Waals surface area (Å²) in [6.45, 7) is 0.903. The Morgan fingerprint density at radius 1 is 1.17 bits per heavy atom. The van der Waals surface area contributed by atoms with Crippen molar-refractivity contribution >= 4 is 23.2 Å². The molecule has 0 saturated heterocycles. The standard InChI is InChI=1S/C26H25N5O3S/c1-30-8-6-18(7-9-30)15-31-16-21(13-28-31)22-17-35-23(29-22)14-27-25(34)26(12-24(32)33)10-19-4-2-3-5-20(19)11-26/h2-9,13,16-17H,10-12,14-15H2,1H3,(H-,27,32,33,34). The molecule has 0 atom stereocenters. The van der Waals surface area contributed by atoms with E-state index >= 15 is 0 Å². The quantitative estimate of drug-likeness (QED) is 0.379. The molecule has 1 aliphatic carbocycles. The van der Waals surface area contributed by atoms with E-state index in [2.05, 4.69) is 27.5 Å². The monoisotopic (exact) mass is 487 g/mol. The van der Waals surface area contributed by atoms with Gasteiger partial charge in [-0.15, -0.1) is 11.3 Å². The molecule has 8 nitrogen and oxygen atoms in total. The first kappa shape index (κ1) is 22.9. The van der Waals surface area contributed by atoms with E-state index in [1.807, 2.05) is 64.5 Å². The number of carboxylic acids is 1. The molecule has 35 heavy (non-hydrogen) atoms. The minimum absolute atomic E-state index is 0.240. The van der Waals surface area contributed by atoms with Gasteiger partial charge in [0.05, 0.1) is 30.4 Å². The number of aryl methyl sites for hydroxylation is 1. The number of carbonyl (C=O) groups is 2. The fourth-order valence-electron chi connectivity index (χ4n) is 4.61. The molecule has 0 spiro atoms. The van der Waals surface area contributed by atoms with Crippen molar-refractivity contribution in [3.05, 3.63) is 88.3 Å². The van der Waals surface area contributed by atoms with E-state index in [9.17, 15) is 14.7 Å². The van der Waals surface area contributed by atoms with Crippen molar-refractivity contribution in [1.29, 1.82) is 0 Å². The highest BCUT2D eigenvalue weighted by Crippen LogP contribution is 2.40.